The van der Waals surface area contributed by atoms with Crippen LogP contribution in [0.25, 0.3) is 6.08 Å². The standard InChI is InChI=1S/C36H34N2O7/c1-5-43-33-20-27(13-16-31(33)44-21-25-9-7-6-8-10-25)22-45-30-15-12-26(19-32(30)42-4)18-29-34(39)37-36(41)38(35(29)40)28-14-11-23(2)24(3)17-28/h6-20H,5,21-22H2,1-4H3,(H,37,39,41)/b29-18-. The molecule has 0 unspecified atom stereocenters. The van der Waals surface area contributed by atoms with Gasteiger partial charge in [0.25, 0.3) is 11.8 Å². The number of rotatable bonds is 11. The number of imide groups is 2. The monoisotopic (exact) mass is 606 g/mol. The number of urea groups is 1. The highest BCUT2D eigenvalue weighted by Gasteiger charge is 2.37. The minimum atomic E-state index is -0.796. The lowest BCUT2D eigenvalue weighted by Crippen LogP contribution is -2.54. The van der Waals surface area contributed by atoms with Crippen molar-refractivity contribution in [2.75, 3.05) is 18.6 Å². The van der Waals surface area contributed by atoms with Crippen LogP contribution in [0.3, 0.4) is 0 Å². The topological polar surface area (TPSA) is 103 Å². The number of nitrogens with zero attached hydrogens (tertiary/aromatic N) is 1. The largest absolute Gasteiger partial charge is 0.493 e. The summed E-state index contributed by atoms with van der Waals surface area (Å²) in [4.78, 5) is 39.6. The molecule has 1 aliphatic rings. The Balaban J connectivity index is 1.31. The summed E-state index contributed by atoms with van der Waals surface area (Å²) in [5, 5.41) is 2.26. The fraction of sp³-hybridized carbons (Fsp3) is 0.194. The number of ether oxygens (including phenoxy) is 4. The number of carbonyl (C=O) groups is 3. The van der Waals surface area contributed by atoms with E-state index in [4.69, 9.17) is 18.9 Å². The summed E-state index contributed by atoms with van der Waals surface area (Å²) >= 11 is 0. The first-order valence-electron chi connectivity index (χ1n) is 14.5. The van der Waals surface area contributed by atoms with E-state index in [1.165, 1.54) is 13.2 Å². The molecular formula is C36H34N2O7. The third-order valence-electron chi connectivity index (χ3n) is 7.29. The van der Waals surface area contributed by atoms with Crippen LogP contribution >= 0.6 is 0 Å². The highest BCUT2D eigenvalue weighted by Crippen LogP contribution is 2.33. The Morgan fingerprint density at radius 2 is 1.42 bits per heavy atom. The van der Waals surface area contributed by atoms with Gasteiger partial charge in [-0.15, -0.1) is 0 Å². The van der Waals surface area contributed by atoms with Crippen molar-refractivity contribution in [3.63, 3.8) is 0 Å². The van der Waals surface area contributed by atoms with Crippen LogP contribution in [0.5, 0.6) is 23.0 Å². The van der Waals surface area contributed by atoms with E-state index in [0.29, 0.717) is 47.5 Å². The van der Waals surface area contributed by atoms with Crippen molar-refractivity contribution >= 4 is 29.6 Å². The smallest absolute Gasteiger partial charge is 0.335 e. The summed E-state index contributed by atoms with van der Waals surface area (Å²) in [6.07, 6.45) is 1.42. The number of hydrogen-bond donors (Lipinski definition) is 1. The van der Waals surface area contributed by atoms with Crippen LogP contribution in [-0.4, -0.2) is 31.6 Å². The van der Waals surface area contributed by atoms with Crippen molar-refractivity contribution in [1.29, 1.82) is 0 Å². The Morgan fingerprint density at radius 1 is 0.711 bits per heavy atom. The lowest BCUT2D eigenvalue weighted by atomic mass is 10.0. The first-order chi connectivity index (χ1) is 21.8. The maximum atomic E-state index is 13.3. The van der Waals surface area contributed by atoms with Gasteiger partial charge in [0.1, 0.15) is 18.8 Å². The van der Waals surface area contributed by atoms with E-state index in [1.54, 1.807) is 30.3 Å². The Hall–Kier alpha value is -5.57. The molecule has 0 aliphatic carbocycles. The average Bonchev–Trinajstić information content (AvgIpc) is 3.04. The van der Waals surface area contributed by atoms with E-state index in [1.807, 2.05) is 75.4 Å². The molecule has 4 amide bonds. The minimum absolute atomic E-state index is 0.179. The summed E-state index contributed by atoms with van der Waals surface area (Å²) in [7, 11) is 1.50. The number of anilines is 1. The molecule has 1 saturated heterocycles. The van der Waals surface area contributed by atoms with Crippen molar-refractivity contribution in [1.82, 2.24) is 5.32 Å². The number of methoxy groups -OCH3 is 1. The van der Waals surface area contributed by atoms with E-state index >= 15 is 0 Å². The molecule has 4 aromatic carbocycles. The van der Waals surface area contributed by atoms with E-state index in [-0.39, 0.29) is 12.2 Å². The molecule has 9 heteroatoms. The van der Waals surface area contributed by atoms with Crippen LogP contribution in [0.15, 0.2) is 90.5 Å². The zero-order chi connectivity index (χ0) is 31.9. The van der Waals surface area contributed by atoms with Crippen LogP contribution in [-0.2, 0) is 22.8 Å². The first kappa shape index (κ1) is 30.9. The Kier molecular flexibility index (Phi) is 9.48. The molecule has 1 N–H and O–H groups in total. The van der Waals surface area contributed by atoms with Crippen molar-refractivity contribution in [2.45, 2.75) is 34.0 Å². The van der Waals surface area contributed by atoms with Gasteiger partial charge in [-0.2, -0.15) is 0 Å². The van der Waals surface area contributed by atoms with Gasteiger partial charge in [0.05, 0.1) is 19.4 Å². The third-order valence-corrected chi connectivity index (χ3v) is 7.29. The molecule has 0 saturated carbocycles. The van der Waals surface area contributed by atoms with Crippen LogP contribution in [0.4, 0.5) is 10.5 Å². The summed E-state index contributed by atoms with van der Waals surface area (Å²) in [5.41, 5.74) is 4.57. The minimum Gasteiger partial charge on any atom is -0.493 e. The first-order valence-corrected chi connectivity index (χ1v) is 14.5. The summed E-state index contributed by atoms with van der Waals surface area (Å²) in [6.45, 7) is 6.86. The zero-order valence-corrected chi connectivity index (χ0v) is 25.6. The Bertz CT molecular complexity index is 1760. The van der Waals surface area contributed by atoms with E-state index in [2.05, 4.69) is 5.32 Å². The SMILES string of the molecule is CCOc1cc(COc2ccc(/C=C3/C(=O)NC(=O)N(c4ccc(C)c(C)c4)C3=O)cc2OC)ccc1OCc1ccccc1. The second-order valence-electron chi connectivity index (χ2n) is 10.4. The number of aryl methyl sites for hydroxylation is 2. The second kappa shape index (κ2) is 13.8. The van der Waals surface area contributed by atoms with Crippen molar-refractivity contribution < 1.29 is 33.3 Å². The maximum Gasteiger partial charge on any atom is 0.335 e. The molecule has 0 bridgehead atoms. The van der Waals surface area contributed by atoms with Crippen molar-refractivity contribution in [3.05, 3.63) is 118 Å². The fourth-order valence-corrected chi connectivity index (χ4v) is 4.74. The fourth-order valence-electron chi connectivity index (χ4n) is 4.74. The highest BCUT2D eigenvalue weighted by atomic mass is 16.5. The number of amides is 4. The summed E-state index contributed by atoms with van der Waals surface area (Å²) in [6, 6.07) is 25.0. The van der Waals surface area contributed by atoms with Gasteiger partial charge in [-0.05, 0) is 91.1 Å². The molecule has 0 aromatic heterocycles. The number of carbonyl (C=O) groups excluding carboxylic acids is 3. The van der Waals surface area contributed by atoms with E-state index in [0.717, 1.165) is 27.2 Å². The van der Waals surface area contributed by atoms with Gasteiger partial charge in [0.2, 0.25) is 0 Å². The number of benzene rings is 4. The summed E-state index contributed by atoms with van der Waals surface area (Å²) in [5.74, 6) is 0.639. The van der Waals surface area contributed by atoms with Gasteiger partial charge in [-0.1, -0.05) is 48.5 Å². The van der Waals surface area contributed by atoms with Gasteiger partial charge < -0.3 is 18.9 Å². The molecule has 230 valence electrons. The molecular weight excluding hydrogens is 572 g/mol. The van der Waals surface area contributed by atoms with Gasteiger partial charge in [-0.3, -0.25) is 14.9 Å². The van der Waals surface area contributed by atoms with Crippen LogP contribution in [0.1, 0.15) is 34.7 Å². The highest BCUT2D eigenvalue weighted by molar-refractivity contribution is 6.39. The number of barbiturate groups is 1. The molecule has 1 fully saturated rings. The third kappa shape index (κ3) is 7.15. The number of nitrogens with one attached hydrogen (secondary N) is 1. The molecule has 45 heavy (non-hydrogen) atoms. The van der Waals surface area contributed by atoms with Crippen molar-refractivity contribution in [2.24, 2.45) is 0 Å². The number of hydrogen-bond acceptors (Lipinski definition) is 7. The molecule has 0 atom stereocenters. The predicted octanol–water partition coefficient (Wildman–Crippen LogP) is 6.54. The van der Waals surface area contributed by atoms with Gasteiger partial charge >= 0.3 is 6.03 Å². The summed E-state index contributed by atoms with van der Waals surface area (Å²) < 4.78 is 23.5. The lowest BCUT2D eigenvalue weighted by molar-refractivity contribution is -0.122. The molecule has 5 rings (SSSR count). The Labute approximate surface area is 262 Å². The van der Waals surface area contributed by atoms with Crippen LogP contribution in [0, 0.1) is 13.8 Å². The molecule has 0 spiro atoms. The lowest BCUT2D eigenvalue weighted by Gasteiger charge is -2.26. The average molecular weight is 607 g/mol. The Morgan fingerprint density at radius 3 is 2.13 bits per heavy atom. The predicted molar refractivity (Wildman–Crippen MR) is 171 cm³/mol. The van der Waals surface area contributed by atoms with E-state index < -0.39 is 17.8 Å². The van der Waals surface area contributed by atoms with Crippen molar-refractivity contribution in [3.8, 4) is 23.0 Å². The molecule has 1 heterocycles. The normalized spacial score (nSPS) is 13.9. The molecule has 9 nitrogen and oxygen atoms in total. The van der Waals surface area contributed by atoms with Gasteiger partial charge in [0.15, 0.2) is 23.0 Å². The van der Waals surface area contributed by atoms with Crippen LogP contribution in [0.2, 0.25) is 0 Å². The zero-order valence-electron chi connectivity index (χ0n) is 25.6. The quantitative estimate of drug-likeness (QED) is 0.153. The maximum absolute atomic E-state index is 13.3. The molecule has 4 aromatic rings. The second-order valence-corrected chi connectivity index (χ2v) is 10.4. The van der Waals surface area contributed by atoms with Crippen LogP contribution < -0.4 is 29.2 Å². The van der Waals surface area contributed by atoms with E-state index in [9.17, 15) is 14.4 Å². The van der Waals surface area contributed by atoms with Gasteiger partial charge in [0, 0.05) is 0 Å². The van der Waals surface area contributed by atoms with Gasteiger partial charge in [-0.25, -0.2) is 9.69 Å². The molecule has 1 aliphatic heterocycles. The molecule has 0 radical (unpaired) electrons.